The molecule has 0 unspecified atom stereocenters. The molecule has 1 saturated carbocycles. The number of hydrogen-bond acceptors (Lipinski definition) is 8. The number of pyridine rings is 1. The maximum Gasteiger partial charge on any atom is 0.573 e. The number of nitrogens with one attached hydrogen (secondary N) is 1. The number of aryl methyl sites for hydroxylation is 1. The van der Waals surface area contributed by atoms with E-state index >= 15 is 0 Å². The molecule has 212 valence electrons. The van der Waals surface area contributed by atoms with E-state index in [4.69, 9.17) is 4.74 Å². The molecule has 1 amide bonds. The Hall–Kier alpha value is -3.84. The van der Waals surface area contributed by atoms with Crippen LogP contribution in [0.3, 0.4) is 0 Å². The van der Waals surface area contributed by atoms with E-state index in [2.05, 4.69) is 14.4 Å². The zero-order chi connectivity index (χ0) is 28.9. The highest BCUT2D eigenvalue weighted by Crippen LogP contribution is 2.44. The number of aromatic nitrogens is 1. The topological polar surface area (TPSA) is 118 Å². The molecule has 1 aliphatic carbocycles. The molecule has 2 N–H and O–H groups in total. The molecule has 3 aromatic rings. The summed E-state index contributed by atoms with van der Waals surface area (Å²) in [4.78, 5) is 19.1. The van der Waals surface area contributed by atoms with E-state index in [0.29, 0.717) is 16.9 Å². The first-order valence-electron chi connectivity index (χ1n) is 12.3. The Morgan fingerprint density at radius 3 is 2.42 bits per heavy atom. The average molecular weight is 578 g/mol. The van der Waals surface area contributed by atoms with E-state index in [0.717, 1.165) is 5.56 Å². The number of anilines is 1. The van der Waals surface area contributed by atoms with Gasteiger partial charge in [-0.1, -0.05) is 30.3 Å². The van der Waals surface area contributed by atoms with Gasteiger partial charge in [0.1, 0.15) is 17.3 Å². The molecular weight excluding hydrogens is 551 g/mol. The number of halogens is 3. The molecule has 2 aliphatic rings. The minimum atomic E-state index is -4.87. The summed E-state index contributed by atoms with van der Waals surface area (Å²) in [5, 5.41) is 9.61. The third kappa shape index (κ3) is 5.99. The molecule has 1 aliphatic heterocycles. The van der Waals surface area contributed by atoms with Crippen molar-refractivity contribution in [3.05, 3.63) is 66.2 Å². The van der Waals surface area contributed by atoms with E-state index in [1.807, 2.05) is 0 Å². The molecule has 13 heteroatoms. The minimum absolute atomic E-state index is 0.208. The highest BCUT2D eigenvalue weighted by atomic mass is 32.2. The number of alkyl halides is 3. The first kappa shape index (κ1) is 27.7. The van der Waals surface area contributed by atoms with Crippen LogP contribution < -0.4 is 19.1 Å². The zero-order valence-electron chi connectivity index (χ0n) is 21.5. The number of ether oxygens (including phenoxy) is 2. The maximum absolute atomic E-state index is 13.2. The number of hydrogen-bond donors (Lipinski definition) is 2. The van der Waals surface area contributed by atoms with Gasteiger partial charge in [-0.05, 0) is 55.3 Å². The number of sulfonamides is 1. The Labute approximate surface area is 228 Å². The van der Waals surface area contributed by atoms with Gasteiger partial charge in [0.05, 0.1) is 5.60 Å². The summed E-state index contributed by atoms with van der Waals surface area (Å²) in [5.41, 5.74) is -0.853. The maximum atomic E-state index is 13.2. The lowest BCUT2D eigenvalue weighted by atomic mass is 9.97. The summed E-state index contributed by atoms with van der Waals surface area (Å²) in [5.74, 6) is -0.745. The Morgan fingerprint density at radius 1 is 1.07 bits per heavy atom. The summed E-state index contributed by atoms with van der Waals surface area (Å²) in [6, 6.07) is 14.7. The van der Waals surface area contributed by atoms with Crippen molar-refractivity contribution < 1.29 is 41.0 Å². The first-order chi connectivity index (χ1) is 18.6. The molecule has 2 fully saturated rings. The standard InChI is InChI=1S/C27H26F3N3O6S/c1-17-9-10-20(18-5-3-6-19(14-18)38-27(28,29)30)21(13-17)39-26(11-12-26)24(34)32-40(36,37)23-8-4-7-22(31-23)33-15-25(2,35)16-33/h3-10,13-14,35H,11-12,15-16H2,1-2H3,(H,32,34). The molecule has 40 heavy (non-hydrogen) atoms. The SMILES string of the molecule is Cc1ccc(-c2cccc(OC(F)(F)F)c2)c(OC2(C(=O)NS(=O)(=O)c3cccc(N4CC(C)(O)C4)n3)CC2)c1. The van der Waals surface area contributed by atoms with Gasteiger partial charge in [-0.2, -0.15) is 8.42 Å². The summed E-state index contributed by atoms with van der Waals surface area (Å²) in [6.07, 6.45) is -4.40. The van der Waals surface area contributed by atoms with Gasteiger partial charge >= 0.3 is 6.36 Å². The number of aliphatic hydroxyl groups is 1. The lowest BCUT2D eigenvalue weighted by molar-refractivity contribution is -0.274. The molecule has 9 nitrogen and oxygen atoms in total. The van der Waals surface area contributed by atoms with Gasteiger partial charge in [-0.25, -0.2) is 9.71 Å². The van der Waals surface area contributed by atoms with Crippen LogP contribution in [0.1, 0.15) is 25.3 Å². The molecule has 0 radical (unpaired) electrons. The third-order valence-corrected chi connectivity index (χ3v) is 7.77. The Kier molecular flexibility index (Phi) is 6.70. The third-order valence-electron chi connectivity index (χ3n) is 6.54. The van der Waals surface area contributed by atoms with Gasteiger partial charge < -0.3 is 19.5 Å². The van der Waals surface area contributed by atoms with Crippen molar-refractivity contribution in [2.24, 2.45) is 0 Å². The molecule has 0 spiro atoms. The molecule has 1 saturated heterocycles. The van der Waals surface area contributed by atoms with Gasteiger partial charge in [0.25, 0.3) is 15.9 Å². The fourth-order valence-corrected chi connectivity index (χ4v) is 5.45. The second-order valence-electron chi connectivity index (χ2n) is 10.3. The van der Waals surface area contributed by atoms with E-state index in [9.17, 15) is 31.5 Å². The highest BCUT2D eigenvalue weighted by molar-refractivity contribution is 7.90. The van der Waals surface area contributed by atoms with Crippen LogP contribution in [0.15, 0.2) is 65.7 Å². The van der Waals surface area contributed by atoms with Crippen LogP contribution in [-0.4, -0.2) is 55.1 Å². The van der Waals surface area contributed by atoms with Crippen LogP contribution in [0.2, 0.25) is 0 Å². The van der Waals surface area contributed by atoms with Crippen molar-refractivity contribution in [2.75, 3.05) is 18.0 Å². The summed E-state index contributed by atoms with van der Waals surface area (Å²) < 4.78 is 76.5. The van der Waals surface area contributed by atoms with Gasteiger partial charge in [-0.3, -0.25) is 4.79 Å². The molecular formula is C27H26F3N3O6S. The second kappa shape index (κ2) is 9.66. The van der Waals surface area contributed by atoms with Crippen molar-refractivity contribution >= 4 is 21.7 Å². The predicted octanol–water partition coefficient (Wildman–Crippen LogP) is 3.94. The molecule has 2 aromatic carbocycles. The van der Waals surface area contributed by atoms with Gasteiger partial charge in [-0.15, -0.1) is 13.2 Å². The zero-order valence-corrected chi connectivity index (χ0v) is 22.3. The van der Waals surface area contributed by atoms with Gasteiger partial charge in [0, 0.05) is 31.5 Å². The summed E-state index contributed by atoms with van der Waals surface area (Å²) in [7, 11) is -4.36. The monoisotopic (exact) mass is 577 g/mol. The second-order valence-corrected chi connectivity index (χ2v) is 11.9. The lowest BCUT2D eigenvalue weighted by Gasteiger charge is -2.44. The predicted molar refractivity (Wildman–Crippen MR) is 138 cm³/mol. The van der Waals surface area contributed by atoms with Crippen molar-refractivity contribution in [1.29, 1.82) is 0 Å². The van der Waals surface area contributed by atoms with Crippen molar-refractivity contribution in [3.8, 4) is 22.6 Å². The molecule has 5 rings (SSSR count). The number of benzene rings is 2. The van der Waals surface area contributed by atoms with Gasteiger partial charge in [0.15, 0.2) is 10.6 Å². The largest absolute Gasteiger partial charge is 0.573 e. The van der Waals surface area contributed by atoms with Crippen molar-refractivity contribution in [2.45, 2.75) is 49.3 Å². The number of carbonyl (C=O) groups is 1. The smallest absolute Gasteiger partial charge is 0.477 e. The quantitative estimate of drug-likeness (QED) is 0.414. The Balaban J connectivity index is 1.36. The summed E-state index contributed by atoms with van der Waals surface area (Å²) in [6.45, 7) is 4.01. The van der Waals surface area contributed by atoms with E-state index < -0.39 is 39.2 Å². The number of β-amino-alcohol motifs (C(OH)–C–C–N with tert-alkyl or cyclic N) is 1. The average Bonchev–Trinajstić information content (AvgIpc) is 3.62. The molecule has 1 aromatic heterocycles. The fraction of sp³-hybridized carbons (Fsp3) is 0.333. The van der Waals surface area contributed by atoms with Crippen LogP contribution in [0, 0.1) is 6.92 Å². The van der Waals surface area contributed by atoms with Crippen LogP contribution in [0.4, 0.5) is 19.0 Å². The molecule has 2 heterocycles. The number of carbonyl (C=O) groups excluding carboxylic acids is 1. The van der Waals surface area contributed by atoms with Crippen LogP contribution in [0.25, 0.3) is 11.1 Å². The van der Waals surface area contributed by atoms with E-state index in [1.54, 1.807) is 49.1 Å². The van der Waals surface area contributed by atoms with Gasteiger partial charge in [0.2, 0.25) is 0 Å². The van der Waals surface area contributed by atoms with Crippen molar-refractivity contribution in [1.82, 2.24) is 9.71 Å². The highest BCUT2D eigenvalue weighted by Gasteiger charge is 2.54. The van der Waals surface area contributed by atoms with Crippen LogP contribution in [-0.2, 0) is 14.8 Å². The van der Waals surface area contributed by atoms with Crippen LogP contribution >= 0.6 is 0 Å². The Morgan fingerprint density at radius 2 is 1.77 bits per heavy atom. The number of nitrogens with zero attached hydrogens (tertiary/aromatic N) is 2. The molecule has 0 atom stereocenters. The normalized spacial score (nSPS) is 17.5. The number of rotatable bonds is 8. The minimum Gasteiger partial charge on any atom is -0.477 e. The first-order valence-corrected chi connectivity index (χ1v) is 13.8. The summed E-state index contributed by atoms with van der Waals surface area (Å²) >= 11 is 0. The fourth-order valence-electron chi connectivity index (χ4n) is 4.45. The van der Waals surface area contributed by atoms with E-state index in [-0.39, 0.29) is 36.7 Å². The number of amides is 1. The molecule has 0 bridgehead atoms. The Bertz CT molecular complexity index is 1560. The van der Waals surface area contributed by atoms with E-state index in [1.165, 1.54) is 30.3 Å². The lowest BCUT2D eigenvalue weighted by Crippen LogP contribution is -2.60. The van der Waals surface area contributed by atoms with Crippen molar-refractivity contribution in [3.63, 3.8) is 0 Å². The van der Waals surface area contributed by atoms with Crippen LogP contribution in [0.5, 0.6) is 11.5 Å².